The standard InChI is InChI=1S/C18H29N/c1-5-14-19-18(12-10-15(2)3)13-11-17-9-7-6-8-16(17)4/h6-9,18-19H,2,5,10-14H2,1,3-4H3. The van der Waals surface area contributed by atoms with Gasteiger partial charge in [-0.1, -0.05) is 36.8 Å². The van der Waals surface area contributed by atoms with E-state index in [0.29, 0.717) is 6.04 Å². The van der Waals surface area contributed by atoms with Crippen LogP contribution in [0.25, 0.3) is 0 Å². The molecule has 0 saturated carbocycles. The fraction of sp³-hybridized carbons (Fsp3) is 0.556. The molecule has 0 saturated heterocycles. The van der Waals surface area contributed by atoms with Gasteiger partial charge in [0.05, 0.1) is 0 Å². The molecule has 1 heteroatoms. The number of rotatable bonds is 9. The first-order valence-corrected chi connectivity index (χ1v) is 7.55. The normalized spacial score (nSPS) is 12.4. The lowest BCUT2D eigenvalue weighted by Gasteiger charge is -2.19. The third-order valence-electron chi connectivity index (χ3n) is 3.63. The zero-order valence-corrected chi connectivity index (χ0v) is 12.8. The van der Waals surface area contributed by atoms with Gasteiger partial charge in [0, 0.05) is 6.04 Å². The molecule has 0 aromatic heterocycles. The van der Waals surface area contributed by atoms with Gasteiger partial charge >= 0.3 is 0 Å². The molecular weight excluding hydrogens is 230 g/mol. The van der Waals surface area contributed by atoms with Gasteiger partial charge < -0.3 is 5.32 Å². The summed E-state index contributed by atoms with van der Waals surface area (Å²) < 4.78 is 0. The maximum absolute atomic E-state index is 4.01. The molecule has 0 fully saturated rings. The smallest absolute Gasteiger partial charge is 0.00732 e. The third-order valence-corrected chi connectivity index (χ3v) is 3.63. The minimum absolute atomic E-state index is 0.622. The van der Waals surface area contributed by atoms with E-state index < -0.39 is 0 Å². The SMILES string of the molecule is C=C(C)CCC(CCc1ccccc1C)NCCC. The van der Waals surface area contributed by atoms with Crippen LogP contribution in [0.15, 0.2) is 36.4 Å². The first kappa shape index (κ1) is 16.0. The summed E-state index contributed by atoms with van der Waals surface area (Å²) in [6.07, 6.45) is 5.94. The number of hydrogen-bond donors (Lipinski definition) is 1. The molecule has 0 aliphatic heterocycles. The number of nitrogens with one attached hydrogen (secondary N) is 1. The predicted molar refractivity (Wildman–Crippen MR) is 85.6 cm³/mol. The van der Waals surface area contributed by atoms with Gasteiger partial charge in [0.25, 0.3) is 0 Å². The summed E-state index contributed by atoms with van der Waals surface area (Å²) in [6.45, 7) is 11.7. The summed E-state index contributed by atoms with van der Waals surface area (Å²) in [4.78, 5) is 0. The summed E-state index contributed by atoms with van der Waals surface area (Å²) in [6, 6.07) is 9.34. The van der Waals surface area contributed by atoms with Crippen molar-refractivity contribution in [3.05, 3.63) is 47.5 Å². The average Bonchev–Trinajstić information content (AvgIpc) is 2.39. The van der Waals surface area contributed by atoms with Gasteiger partial charge in [-0.2, -0.15) is 0 Å². The molecule has 0 radical (unpaired) electrons. The molecule has 106 valence electrons. The van der Waals surface area contributed by atoms with Crippen LogP contribution >= 0.6 is 0 Å². The van der Waals surface area contributed by atoms with Crippen molar-refractivity contribution in [3.63, 3.8) is 0 Å². The fourth-order valence-corrected chi connectivity index (χ4v) is 2.34. The van der Waals surface area contributed by atoms with Crippen molar-refractivity contribution in [1.29, 1.82) is 0 Å². The Morgan fingerprint density at radius 3 is 2.63 bits per heavy atom. The molecule has 19 heavy (non-hydrogen) atoms. The number of benzene rings is 1. The first-order valence-electron chi connectivity index (χ1n) is 7.55. The Kier molecular flexibility index (Phi) is 7.50. The van der Waals surface area contributed by atoms with E-state index in [1.165, 1.54) is 42.4 Å². The Morgan fingerprint density at radius 2 is 2.00 bits per heavy atom. The molecule has 1 N–H and O–H groups in total. The van der Waals surface area contributed by atoms with Gasteiger partial charge in [-0.25, -0.2) is 0 Å². The molecule has 0 amide bonds. The second-order valence-electron chi connectivity index (χ2n) is 5.61. The van der Waals surface area contributed by atoms with Gasteiger partial charge in [0.1, 0.15) is 0 Å². The predicted octanol–water partition coefficient (Wildman–Crippen LogP) is 4.65. The van der Waals surface area contributed by atoms with Crippen molar-refractivity contribution in [2.24, 2.45) is 0 Å². The van der Waals surface area contributed by atoms with E-state index in [4.69, 9.17) is 0 Å². The van der Waals surface area contributed by atoms with Crippen molar-refractivity contribution in [2.75, 3.05) is 6.54 Å². The Morgan fingerprint density at radius 1 is 1.26 bits per heavy atom. The van der Waals surface area contributed by atoms with E-state index in [0.717, 1.165) is 13.0 Å². The van der Waals surface area contributed by atoms with Crippen LogP contribution in [0, 0.1) is 6.92 Å². The zero-order chi connectivity index (χ0) is 14.1. The second-order valence-corrected chi connectivity index (χ2v) is 5.61. The van der Waals surface area contributed by atoms with Crippen molar-refractivity contribution >= 4 is 0 Å². The Bertz CT molecular complexity index is 381. The quantitative estimate of drug-likeness (QED) is 0.636. The van der Waals surface area contributed by atoms with E-state index in [1.54, 1.807) is 0 Å². The van der Waals surface area contributed by atoms with E-state index >= 15 is 0 Å². The second kappa shape index (κ2) is 8.92. The van der Waals surface area contributed by atoms with Crippen LogP contribution in [0.3, 0.4) is 0 Å². The van der Waals surface area contributed by atoms with Crippen molar-refractivity contribution in [1.82, 2.24) is 5.32 Å². The lowest BCUT2D eigenvalue weighted by atomic mass is 9.97. The lowest BCUT2D eigenvalue weighted by molar-refractivity contribution is 0.452. The molecule has 1 aromatic carbocycles. The van der Waals surface area contributed by atoms with Crippen LogP contribution < -0.4 is 5.32 Å². The molecule has 1 atom stereocenters. The number of allylic oxidation sites excluding steroid dienone is 1. The Hall–Kier alpha value is -1.08. The molecule has 1 rings (SSSR count). The lowest BCUT2D eigenvalue weighted by Crippen LogP contribution is -2.30. The fourth-order valence-electron chi connectivity index (χ4n) is 2.34. The topological polar surface area (TPSA) is 12.0 Å². The molecule has 1 aromatic rings. The van der Waals surface area contributed by atoms with Gasteiger partial charge in [0.15, 0.2) is 0 Å². The Labute approximate surface area is 119 Å². The molecule has 0 aliphatic carbocycles. The molecule has 0 aliphatic rings. The highest BCUT2D eigenvalue weighted by atomic mass is 14.9. The molecule has 0 bridgehead atoms. The summed E-state index contributed by atoms with van der Waals surface area (Å²) in [5.74, 6) is 0. The first-order chi connectivity index (χ1) is 9.13. The minimum atomic E-state index is 0.622. The van der Waals surface area contributed by atoms with Gasteiger partial charge in [-0.05, 0) is 63.6 Å². The highest BCUT2D eigenvalue weighted by molar-refractivity contribution is 5.25. The maximum atomic E-state index is 4.01. The molecule has 0 spiro atoms. The zero-order valence-electron chi connectivity index (χ0n) is 12.8. The minimum Gasteiger partial charge on any atom is -0.314 e. The van der Waals surface area contributed by atoms with Gasteiger partial charge in [0.2, 0.25) is 0 Å². The summed E-state index contributed by atoms with van der Waals surface area (Å²) >= 11 is 0. The van der Waals surface area contributed by atoms with E-state index in [2.05, 4.69) is 56.9 Å². The maximum Gasteiger partial charge on any atom is 0.00732 e. The van der Waals surface area contributed by atoms with Crippen LogP contribution in [0.2, 0.25) is 0 Å². The van der Waals surface area contributed by atoms with Crippen LogP contribution in [-0.2, 0) is 6.42 Å². The highest BCUT2D eigenvalue weighted by Crippen LogP contribution is 2.14. The summed E-state index contributed by atoms with van der Waals surface area (Å²) in [5.41, 5.74) is 4.19. The van der Waals surface area contributed by atoms with Crippen molar-refractivity contribution < 1.29 is 0 Å². The summed E-state index contributed by atoms with van der Waals surface area (Å²) in [7, 11) is 0. The van der Waals surface area contributed by atoms with Crippen molar-refractivity contribution in [3.8, 4) is 0 Å². The average molecular weight is 259 g/mol. The summed E-state index contributed by atoms with van der Waals surface area (Å²) in [5, 5.41) is 3.67. The molecule has 0 heterocycles. The Balaban J connectivity index is 2.47. The largest absolute Gasteiger partial charge is 0.314 e. The number of hydrogen-bond acceptors (Lipinski definition) is 1. The number of aryl methyl sites for hydroxylation is 2. The van der Waals surface area contributed by atoms with Crippen LogP contribution in [0.4, 0.5) is 0 Å². The van der Waals surface area contributed by atoms with E-state index in [9.17, 15) is 0 Å². The third kappa shape index (κ3) is 6.58. The molecule has 1 unspecified atom stereocenters. The monoisotopic (exact) mass is 259 g/mol. The highest BCUT2D eigenvalue weighted by Gasteiger charge is 2.08. The van der Waals surface area contributed by atoms with Gasteiger partial charge in [-0.3, -0.25) is 0 Å². The van der Waals surface area contributed by atoms with Crippen LogP contribution in [-0.4, -0.2) is 12.6 Å². The van der Waals surface area contributed by atoms with E-state index in [-0.39, 0.29) is 0 Å². The van der Waals surface area contributed by atoms with Crippen molar-refractivity contribution in [2.45, 2.75) is 58.9 Å². The molecule has 1 nitrogen and oxygen atoms in total. The van der Waals surface area contributed by atoms with E-state index in [1.807, 2.05) is 0 Å². The molecular formula is C18H29N. The van der Waals surface area contributed by atoms with Gasteiger partial charge in [-0.15, -0.1) is 6.58 Å². The van der Waals surface area contributed by atoms with Crippen LogP contribution in [0.1, 0.15) is 50.7 Å². The van der Waals surface area contributed by atoms with Crippen LogP contribution in [0.5, 0.6) is 0 Å².